The predicted molar refractivity (Wildman–Crippen MR) is 121 cm³/mol. The summed E-state index contributed by atoms with van der Waals surface area (Å²) in [5, 5.41) is 7.49. The van der Waals surface area contributed by atoms with Crippen molar-refractivity contribution in [2.45, 2.75) is 13.8 Å². The molecule has 32 heavy (non-hydrogen) atoms. The molecule has 4 aromatic rings. The minimum Gasteiger partial charge on any atom is -0.330 e. The third-order valence-corrected chi connectivity index (χ3v) is 6.08. The van der Waals surface area contributed by atoms with Crippen molar-refractivity contribution < 1.29 is 9.18 Å². The average molecular weight is 451 g/mol. The number of anilines is 1. The molecule has 0 atom stereocenters. The van der Waals surface area contributed by atoms with E-state index < -0.39 is 0 Å². The predicted octanol–water partition coefficient (Wildman–Crippen LogP) is 3.17. The summed E-state index contributed by atoms with van der Waals surface area (Å²) in [4.78, 5) is 25.0. The number of imidazole rings is 2. The molecule has 1 aliphatic heterocycles. The van der Waals surface area contributed by atoms with E-state index in [1.54, 1.807) is 22.8 Å². The normalized spacial score (nSPS) is 13.6. The number of carbonyl (C=O) groups is 1. The topological polar surface area (TPSA) is 101 Å². The second kappa shape index (κ2) is 7.77. The Hall–Kier alpha value is -3.70. The number of benzene rings is 1. The molecule has 11 heteroatoms. The SMILES string of the molecule is CC1=C(C(=O)Nc2cn3nc(-c4c(-c5ccc(F)cc5)nc(C)n4C)ccc3n2)SNN1. The van der Waals surface area contributed by atoms with Crippen LogP contribution < -0.4 is 15.6 Å². The Labute approximate surface area is 186 Å². The number of hydrogen-bond acceptors (Lipinski definition) is 7. The van der Waals surface area contributed by atoms with Crippen molar-refractivity contribution >= 4 is 29.3 Å². The third kappa shape index (κ3) is 3.51. The van der Waals surface area contributed by atoms with Gasteiger partial charge < -0.3 is 15.3 Å². The first-order valence-electron chi connectivity index (χ1n) is 9.77. The first-order valence-corrected chi connectivity index (χ1v) is 10.6. The lowest BCUT2D eigenvalue weighted by Gasteiger charge is -2.07. The van der Waals surface area contributed by atoms with Crippen LogP contribution in [0.25, 0.3) is 28.3 Å². The highest BCUT2D eigenvalue weighted by Crippen LogP contribution is 2.31. The highest BCUT2D eigenvalue weighted by atomic mass is 32.2. The molecule has 3 N–H and O–H groups in total. The van der Waals surface area contributed by atoms with Gasteiger partial charge >= 0.3 is 0 Å². The van der Waals surface area contributed by atoms with Crippen LogP contribution in [0, 0.1) is 12.7 Å². The smallest absolute Gasteiger partial charge is 0.266 e. The Morgan fingerprint density at radius 3 is 2.62 bits per heavy atom. The lowest BCUT2D eigenvalue weighted by Crippen LogP contribution is -2.16. The Morgan fingerprint density at radius 2 is 1.91 bits per heavy atom. The minimum absolute atomic E-state index is 0.255. The van der Waals surface area contributed by atoms with Crippen LogP contribution in [0.5, 0.6) is 0 Å². The molecule has 0 spiro atoms. The van der Waals surface area contributed by atoms with E-state index in [1.165, 1.54) is 24.1 Å². The first kappa shape index (κ1) is 20.2. The molecule has 0 unspecified atom stereocenters. The number of amides is 1. The number of nitrogens with one attached hydrogen (secondary N) is 3. The van der Waals surface area contributed by atoms with Crippen LogP contribution >= 0.6 is 11.9 Å². The number of hydrogen-bond donors (Lipinski definition) is 3. The van der Waals surface area contributed by atoms with Crippen molar-refractivity contribution in [2.75, 3.05) is 5.32 Å². The highest BCUT2D eigenvalue weighted by Gasteiger charge is 2.21. The fourth-order valence-corrected chi connectivity index (χ4v) is 4.11. The third-order valence-electron chi connectivity index (χ3n) is 5.18. The van der Waals surface area contributed by atoms with Gasteiger partial charge in [0.05, 0.1) is 17.6 Å². The molecule has 4 heterocycles. The quantitative estimate of drug-likeness (QED) is 0.411. The van der Waals surface area contributed by atoms with Crippen molar-refractivity contribution in [3.63, 3.8) is 0 Å². The minimum atomic E-state index is -0.302. The molecular formula is C21H19FN8OS. The second-order valence-electron chi connectivity index (χ2n) is 7.31. The number of allylic oxidation sites excluding steroid dienone is 1. The summed E-state index contributed by atoms with van der Waals surface area (Å²) in [6.45, 7) is 3.72. The first-order chi connectivity index (χ1) is 15.4. The van der Waals surface area contributed by atoms with E-state index in [-0.39, 0.29) is 11.7 Å². The molecule has 0 aliphatic carbocycles. The van der Waals surface area contributed by atoms with Crippen molar-refractivity contribution in [3.05, 3.63) is 64.8 Å². The van der Waals surface area contributed by atoms with Gasteiger partial charge in [-0.2, -0.15) is 9.93 Å². The molecule has 3 aromatic heterocycles. The van der Waals surface area contributed by atoms with E-state index in [4.69, 9.17) is 0 Å². The maximum atomic E-state index is 13.4. The summed E-state index contributed by atoms with van der Waals surface area (Å²) in [6.07, 6.45) is 1.66. The number of rotatable bonds is 4. The molecule has 0 saturated heterocycles. The molecule has 1 aromatic carbocycles. The number of fused-ring (bicyclic) bond motifs is 1. The van der Waals surface area contributed by atoms with E-state index in [0.29, 0.717) is 27.8 Å². The zero-order chi connectivity index (χ0) is 22.4. The number of carbonyl (C=O) groups excluding carboxylic acids is 1. The molecule has 0 bridgehead atoms. The summed E-state index contributed by atoms with van der Waals surface area (Å²) in [5.74, 6) is 0.644. The Morgan fingerprint density at radius 1 is 1.12 bits per heavy atom. The van der Waals surface area contributed by atoms with Crippen molar-refractivity contribution in [3.8, 4) is 22.6 Å². The molecule has 0 saturated carbocycles. The zero-order valence-electron chi connectivity index (χ0n) is 17.5. The van der Waals surface area contributed by atoms with Crippen LogP contribution in [0.1, 0.15) is 12.7 Å². The van der Waals surface area contributed by atoms with E-state index in [9.17, 15) is 9.18 Å². The Bertz CT molecular complexity index is 1390. The maximum Gasteiger partial charge on any atom is 0.266 e. The molecule has 1 aliphatic rings. The van der Waals surface area contributed by atoms with Gasteiger partial charge in [0.15, 0.2) is 11.5 Å². The molecule has 0 fully saturated rings. The number of hydrazine groups is 1. The maximum absolute atomic E-state index is 13.4. The standard InChI is InChI=1S/C21H19FN8OS/c1-11-20(32-28-26-11)21(31)25-16-10-30-17(24-16)9-8-15(27-30)19-18(23-12(2)29(19)3)13-4-6-14(22)7-5-13/h4-10,26,28H,1-3H3,(H,25,31). The molecule has 9 nitrogen and oxygen atoms in total. The summed E-state index contributed by atoms with van der Waals surface area (Å²) in [6, 6.07) is 9.90. The fraction of sp³-hybridized carbons (Fsp3) is 0.143. The lowest BCUT2D eigenvalue weighted by molar-refractivity contribution is -0.112. The van der Waals surface area contributed by atoms with Crippen molar-refractivity contribution in [2.24, 2.45) is 7.05 Å². The molecule has 5 rings (SSSR count). The second-order valence-corrected chi connectivity index (χ2v) is 8.12. The van der Waals surface area contributed by atoms with E-state index >= 15 is 0 Å². The van der Waals surface area contributed by atoms with Gasteiger partial charge in [-0.15, -0.1) is 0 Å². The summed E-state index contributed by atoms with van der Waals surface area (Å²) in [5.41, 5.74) is 7.21. The lowest BCUT2D eigenvalue weighted by atomic mass is 10.1. The van der Waals surface area contributed by atoms with Crippen molar-refractivity contribution in [1.29, 1.82) is 0 Å². The molecule has 0 radical (unpaired) electrons. The molecule has 162 valence electrons. The summed E-state index contributed by atoms with van der Waals surface area (Å²) < 4.78 is 17.0. The van der Waals surface area contributed by atoms with Crippen LogP contribution in [-0.2, 0) is 11.8 Å². The van der Waals surface area contributed by atoms with Gasteiger partial charge in [-0.3, -0.25) is 4.79 Å². The number of halogens is 1. The zero-order valence-corrected chi connectivity index (χ0v) is 18.3. The Kier molecular flexibility index (Phi) is 4.91. The van der Waals surface area contributed by atoms with E-state index in [2.05, 4.69) is 30.6 Å². The van der Waals surface area contributed by atoms with Gasteiger partial charge in [-0.05, 0) is 62.2 Å². The molecular weight excluding hydrogens is 431 g/mol. The van der Waals surface area contributed by atoms with Gasteiger partial charge in [0.25, 0.3) is 5.91 Å². The van der Waals surface area contributed by atoms with Gasteiger partial charge in [0, 0.05) is 18.3 Å². The average Bonchev–Trinajstić information content (AvgIpc) is 3.45. The van der Waals surface area contributed by atoms with Gasteiger partial charge in [-0.1, -0.05) is 0 Å². The van der Waals surface area contributed by atoms with Gasteiger partial charge in [-0.25, -0.2) is 18.9 Å². The Balaban J connectivity index is 1.52. The van der Waals surface area contributed by atoms with Crippen LogP contribution in [0.2, 0.25) is 0 Å². The van der Waals surface area contributed by atoms with Crippen LogP contribution in [0.3, 0.4) is 0 Å². The number of aromatic nitrogens is 5. The largest absolute Gasteiger partial charge is 0.330 e. The molecule has 1 amide bonds. The summed E-state index contributed by atoms with van der Waals surface area (Å²) in [7, 11) is 1.91. The van der Waals surface area contributed by atoms with E-state index in [1.807, 2.05) is 37.6 Å². The summed E-state index contributed by atoms with van der Waals surface area (Å²) >= 11 is 1.21. The van der Waals surface area contributed by atoms with Crippen LogP contribution in [-0.4, -0.2) is 30.1 Å². The van der Waals surface area contributed by atoms with Gasteiger partial charge in [0.1, 0.15) is 22.2 Å². The fourth-order valence-electron chi connectivity index (χ4n) is 3.46. The number of nitrogens with zero attached hydrogens (tertiary/aromatic N) is 5. The van der Waals surface area contributed by atoms with Crippen LogP contribution in [0.15, 0.2) is 53.2 Å². The van der Waals surface area contributed by atoms with Crippen molar-refractivity contribution in [1.82, 2.24) is 34.4 Å². The van der Waals surface area contributed by atoms with Gasteiger partial charge in [0.2, 0.25) is 0 Å². The monoisotopic (exact) mass is 450 g/mol. The van der Waals surface area contributed by atoms with E-state index in [0.717, 1.165) is 22.8 Å². The van der Waals surface area contributed by atoms with Crippen LogP contribution in [0.4, 0.5) is 10.2 Å². The highest BCUT2D eigenvalue weighted by molar-refractivity contribution is 8.02. The number of aryl methyl sites for hydroxylation is 1.